The van der Waals surface area contributed by atoms with Gasteiger partial charge in [0.05, 0.1) is 54.4 Å². The maximum Gasteiger partial charge on any atom is 0.410 e. The normalized spacial score (nSPS) is 28.7. The number of morpholine rings is 1. The number of carboxylic acid groups (broad SMARTS) is 1. The first-order valence-electron chi connectivity index (χ1n) is 16.8. The number of carbonyl (C=O) groups is 4. The molecular formula is C33H48N6O11. The molecule has 17 nitrogen and oxygen atoms in total. The molecule has 1 aromatic heterocycles. The first-order chi connectivity index (χ1) is 23.5. The van der Waals surface area contributed by atoms with Crippen LogP contribution in [-0.2, 0) is 23.8 Å². The smallest absolute Gasteiger partial charge is 0.410 e. The number of carboxylic acids is 1. The van der Waals surface area contributed by atoms with Crippen LogP contribution in [-0.4, -0.2) is 157 Å². The summed E-state index contributed by atoms with van der Waals surface area (Å²) < 4.78 is 17.5. The van der Waals surface area contributed by atoms with Crippen molar-refractivity contribution in [3.05, 3.63) is 30.1 Å². The van der Waals surface area contributed by atoms with E-state index in [1.165, 1.54) is 13.3 Å². The van der Waals surface area contributed by atoms with Gasteiger partial charge in [0.2, 0.25) is 5.91 Å². The number of aliphatic hydroxyl groups excluding tert-OH is 3. The van der Waals surface area contributed by atoms with Gasteiger partial charge < -0.3 is 55.2 Å². The van der Waals surface area contributed by atoms with Crippen LogP contribution in [0.4, 0.5) is 4.79 Å². The Morgan fingerprint density at radius 3 is 2.66 bits per heavy atom. The maximum atomic E-state index is 12.9. The van der Waals surface area contributed by atoms with Crippen LogP contribution in [0.25, 0.3) is 11.0 Å². The van der Waals surface area contributed by atoms with Crippen LogP contribution < -0.4 is 10.6 Å². The fourth-order valence-corrected chi connectivity index (χ4v) is 7.03. The number of likely N-dealkylation sites (tertiary alicyclic amines) is 1. The number of fused-ring (bicyclic) bond motifs is 1. The highest BCUT2D eigenvalue weighted by molar-refractivity contribution is 5.97. The lowest BCUT2D eigenvalue weighted by Crippen LogP contribution is -2.68. The van der Waals surface area contributed by atoms with Gasteiger partial charge in [-0.15, -0.1) is 0 Å². The van der Waals surface area contributed by atoms with Gasteiger partial charge in [0, 0.05) is 58.1 Å². The van der Waals surface area contributed by atoms with Gasteiger partial charge in [0.1, 0.15) is 17.8 Å². The lowest BCUT2D eigenvalue weighted by atomic mass is 9.81. The molecule has 1 spiro atoms. The molecule has 7 atom stereocenters. The summed E-state index contributed by atoms with van der Waals surface area (Å²) in [4.78, 5) is 61.4. The molecule has 0 radical (unpaired) electrons. The fourth-order valence-electron chi connectivity index (χ4n) is 7.03. The number of H-pyrrole nitrogens is 1. The van der Waals surface area contributed by atoms with Crippen LogP contribution in [0.2, 0.25) is 0 Å². The lowest BCUT2D eigenvalue weighted by Gasteiger charge is -2.49. The molecule has 5 rings (SSSR count). The summed E-state index contributed by atoms with van der Waals surface area (Å²) >= 11 is 0. The third kappa shape index (κ3) is 8.19. The zero-order chi connectivity index (χ0) is 36.4. The number of benzene rings is 1. The van der Waals surface area contributed by atoms with Crippen molar-refractivity contribution in [3.63, 3.8) is 0 Å². The highest BCUT2D eigenvalue weighted by Gasteiger charge is 2.55. The maximum absolute atomic E-state index is 12.9. The number of nitrogens with zero attached hydrogens (tertiary/aromatic N) is 3. The van der Waals surface area contributed by atoms with Crippen molar-refractivity contribution in [3.8, 4) is 0 Å². The summed E-state index contributed by atoms with van der Waals surface area (Å²) in [5.74, 6) is -2.51. The predicted molar refractivity (Wildman–Crippen MR) is 176 cm³/mol. The number of hydrogen-bond acceptors (Lipinski definition) is 12. The van der Waals surface area contributed by atoms with Crippen LogP contribution in [0.3, 0.4) is 0 Å². The number of aliphatic hydroxyl groups is 3. The molecule has 3 amide bonds. The Hall–Kier alpha value is -3.87. The van der Waals surface area contributed by atoms with Crippen LogP contribution in [0.15, 0.2) is 24.5 Å². The van der Waals surface area contributed by atoms with Crippen molar-refractivity contribution in [2.75, 3.05) is 45.9 Å². The number of nitrogens with one attached hydrogen (secondary N) is 3. The molecule has 0 aliphatic carbocycles. The van der Waals surface area contributed by atoms with E-state index >= 15 is 0 Å². The van der Waals surface area contributed by atoms with Crippen molar-refractivity contribution in [1.29, 1.82) is 0 Å². The number of amides is 3. The molecule has 2 aromatic rings. The van der Waals surface area contributed by atoms with Crippen molar-refractivity contribution in [2.45, 2.75) is 94.2 Å². The van der Waals surface area contributed by atoms with Crippen molar-refractivity contribution >= 4 is 34.9 Å². The molecule has 3 aliphatic heterocycles. The van der Waals surface area contributed by atoms with Gasteiger partial charge in [0.25, 0.3) is 5.91 Å². The number of rotatable bonds is 10. The molecule has 3 saturated heterocycles. The van der Waals surface area contributed by atoms with Gasteiger partial charge in [0.15, 0.2) is 5.60 Å². The molecule has 50 heavy (non-hydrogen) atoms. The van der Waals surface area contributed by atoms with Gasteiger partial charge in [-0.3, -0.25) is 14.5 Å². The van der Waals surface area contributed by atoms with E-state index < -0.39 is 84.0 Å². The fraction of sp³-hybridized carbons (Fsp3) is 0.667. The number of aromatic nitrogens is 2. The topological polar surface area (TPSA) is 236 Å². The molecule has 7 N–H and O–H groups in total. The second kappa shape index (κ2) is 14.8. The van der Waals surface area contributed by atoms with Crippen molar-refractivity contribution in [1.82, 2.24) is 30.4 Å². The van der Waals surface area contributed by atoms with E-state index in [1.54, 1.807) is 43.9 Å². The Kier molecular flexibility index (Phi) is 11.0. The van der Waals surface area contributed by atoms with Gasteiger partial charge in [-0.2, -0.15) is 0 Å². The zero-order valence-corrected chi connectivity index (χ0v) is 28.8. The quantitative estimate of drug-likeness (QED) is 0.167. The molecular weight excluding hydrogens is 656 g/mol. The number of aliphatic carboxylic acids is 1. The predicted octanol–water partition coefficient (Wildman–Crippen LogP) is -0.406. The zero-order valence-electron chi connectivity index (χ0n) is 28.8. The summed E-state index contributed by atoms with van der Waals surface area (Å²) in [7, 11) is 0. The average molecular weight is 705 g/mol. The van der Waals surface area contributed by atoms with Crippen LogP contribution in [0.1, 0.15) is 57.3 Å². The molecule has 0 saturated carbocycles. The highest BCUT2D eigenvalue weighted by Crippen LogP contribution is 2.38. The monoisotopic (exact) mass is 704 g/mol. The van der Waals surface area contributed by atoms with Crippen LogP contribution in [0, 0.1) is 0 Å². The molecule has 0 unspecified atom stereocenters. The van der Waals surface area contributed by atoms with E-state index in [1.807, 2.05) is 0 Å². The number of hydrogen-bond donors (Lipinski definition) is 7. The van der Waals surface area contributed by atoms with E-state index in [0.29, 0.717) is 50.3 Å². The first kappa shape index (κ1) is 37.4. The van der Waals surface area contributed by atoms with E-state index in [4.69, 9.17) is 14.2 Å². The second-order valence-electron chi connectivity index (χ2n) is 14.4. The van der Waals surface area contributed by atoms with E-state index in [-0.39, 0.29) is 18.5 Å². The Morgan fingerprint density at radius 1 is 1.20 bits per heavy atom. The SMILES string of the molecule is CC(=O)N[C@H]1[C@H]([C@H](O)[C@H](O)CNC(=O)c2ccc3nc[nH]c3c2)O[C@@](CCN2CCOC[C@@]23CCN(C(=O)OC(C)(C)C)C3)(C(=O)O)C[C@@H]1O. The lowest BCUT2D eigenvalue weighted by molar-refractivity contribution is -0.231. The third-order valence-electron chi connectivity index (χ3n) is 9.63. The van der Waals surface area contributed by atoms with E-state index in [0.717, 1.165) is 0 Å². The molecule has 276 valence electrons. The minimum Gasteiger partial charge on any atom is -0.479 e. The first-order valence-corrected chi connectivity index (χ1v) is 16.8. The van der Waals surface area contributed by atoms with E-state index in [2.05, 4.69) is 25.5 Å². The molecule has 3 fully saturated rings. The average Bonchev–Trinajstić information content (AvgIpc) is 3.70. The minimum atomic E-state index is -2.02. The Labute approximate surface area is 289 Å². The van der Waals surface area contributed by atoms with Gasteiger partial charge >= 0.3 is 12.1 Å². The summed E-state index contributed by atoms with van der Waals surface area (Å²) in [5.41, 5.74) is -1.74. The number of carbonyl (C=O) groups excluding carboxylic acids is 3. The Morgan fingerprint density at radius 2 is 1.96 bits per heavy atom. The molecule has 3 aliphatic rings. The minimum absolute atomic E-state index is 0.132. The summed E-state index contributed by atoms with van der Waals surface area (Å²) in [6.45, 7) is 8.17. The highest BCUT2D eigenvalue weighted by atomic mass is 16.6. The molecule has 17 heteroatoms. The second-order valence-corrected chi connectivity index (χ2v) is 14.4. The Bertz CT molecular complexity index is 1560. The number of ether oxygens (including phenoxy) is 3. The van der Waals surface area contributed by atoms with Gasteiger partial charge in [-0.05, 0) is 45.4 Å². The molecule has 1 aromatic carbocycles. The van der Waals surface area contributed by atoms with Gasteiger partial charge in [-0.1, -0.05) is 0 Å². The number of aromatic amines is 1. The summed E-state index contributed by atoms with van der Waals surface area (Å²) in [6, 6.07) is 3.51. The van der Waals surface area contributed by atoms with Crippen molar-refractivity contribution in [2.24, 2.45) is 0 Å². The van der Waals surface area contributed by atoms with Crippen molar-refractivity contribution < 1.29 is 53.8 Å². The third-order valence-corrected chi connectivity index (χ3v) is 9.63. The summed E-state index contributed by atoms with van der Waals surface area (Å²) in [5, 5.41) is 49.2. The van der Waals surface area contributed by atoms with Gasteiger partial charge in [-0.25, -0.2) is 14.6 Å². The van der Waals surface area contributed by atoms with Crippen LogP contribution >= 0.6 is 0 Å². The van der Waals surface area contributed by atoms with E-state index in [9.17, 15) is 39.6 Å². The Balaban J connectivity index is 1.29. The molecule has 4 heterocycles. The van der Waals surface area contributed by atoms with Crippen LogP contribution in [0.5, 0.6) is 0 Å². The number of imidazole rings is 1. The standard InChI is InChI=1S/C33H48N6O11/c1-19(40)37-25-23(41)14-33(29(45)46,8-10-39-11-12-48-17-32(39)7-9-38(16-32)30(47)50-31(2,3)4)49-27(25)26(43)24(42)15-34-28(44)20-5-6-21-22(13-20)36-18-35-21/h5-6,13,18,23-27,41-43H,7-12,14-17H2,1-4H3,(H,34,44)(H,35,36)(H,37,40)(H,45,46)/t23-,24+,25+,26+,27+,32-,33+/m0/s1. The molecule has 0 bridgehead atoms. The largest absolute Gasteiger partial charge is 0.479 e. The summed E-state index contributed by atoms with van der Waals surface area (Å²) in [6.07, 6.45) is -5.49.